The number of hydrogen-bond acceptors (Lipinski definition) is 5. The maximum Gasteiger partial charge on any atom is 0.351 e. The van der Waals surface area contributed by atoms with Crippen LogP contribution in [0, 0.1) is 19.7 Å². The van der Waals surface area contributed by atoms with Crippen molar-refractivity contribution in [2.24, 2.45) is 0 Å². The predicted octanol–water partition coefficient (Wildman–Crippen LogP) is 2.76. The highest BCUT2D eigenvalue weighted by Gasteiger charge is 2.21. The van der Waals surface area contributed by atoms with Crippen LogP contribution in [0.15, 0.2) is 24.3 Å². The average molecular weight is 336 g/mol. The summed E-state index contributed by atoms with van der Waals surface area (Å²) in [5, 5.41) is 3.41. The van der Waals surface area contributed by atoms with Crippen LogP contribution < -0.4 is 5.32 Å². The molecule has 0 saturated heterocycles. The number of benzene rings is 1. The number of halogens is 1. The summed E-state index contributed by atoms with van der Waals surface area (Å²) in [4.78, 5) is 28.6. The minimum atomic E-state index is -0.926. The van der Waals surface area contributed by atoms with Gasteiger partial charge in [-0.3, -0.25) is 4.79 Å². The second-order valence-corrected chi connectivity index (χ2v) is 6.24. The molecule has 2 aromatic rings. The van der Waals surface area contributed by atoms with Gasteiger partial charge in [-0.25, -0.2) is 14.2 Å². The fourth-order valence-electron chi connectivity index (χ4n) is 1.92. The van der Waals surface area contributed by atoms with E-state index in [0.29, 0.717) is 10.6 Å². The predicted molar refractivity (Wildman–Crippen MR) is 84.7 cm³/mol. The summed E-state index contributed by atoms with van der Waals surface area (Å²) >= 11 is 1.23. The molecule has 0 saturated carbocycles. The maximum atomic E-state index is 12.8. The molecule has 0 radical (unpaired) electrons. The van der Waals surface area contributed by atoms with Crippen molar-refractivity contribution in [3.63, 3.8) is 0 Å². The highest BCUT2D eigenvalue weighted by atomic mass is 32.1. The van der Waals surface area contributed by atoms with E-state index < -0.39 is 18.0 Å². The number of thiazole rings is 1. The monoisotopic (exact) mass is 336 g/mol. The number of amides is 1. The lowest BCUT2D eigenvalue weighted by Gasteiger charge is -2.13. The first kappa shape index (κ1) is 17.1. The molecule has 0 aliphatic rings. The van der Waals surface area contributed by atoms with Crippen molar-refractivity contribution < 1.29 is 18.7 Å². The number of carbonyl (C=O) groups excluding carboxylic acids is 2. The smallest absolute Gasteiger partial charge is 0.351 e. The molecule has 0 unspecified atom stereocenters. The topological polar surface area (TPSA) is 68.3 Å². The summed E-state index contributed by atoms with van der Waals surface area (Å²) in [5.74, 6) is -1.31. The van der Waals surface area contributed by atoms with Gasteiger partial charge in [-0.05, 0) is 38.5 Å². The van der Waals surface area contributed by atoms with Gasteiger partial charge in [0, 0.05) is 6.54 Å². The van der Waals surface area contributed by atoms with E-state index in [0.717, 1.165) is 10.6 Å². The van der Waals surface area contributed by atoms with Crippen LogP contribution in [0.2, 0.25) is 0 Å². The molecule has 1 N–H and O–H groups in total. The highest BCUT2D eigenvalue weighted by Crippen LogP contribution is 2.18. The van der Waals surface area contributed by atoms with Crippen LogP contribution in [0.25, 0.3) is 0 Å². The number of hydrogen-bond donors (Lipinski definition) is 1. The third-order valence-electron chi connectivity index (χ3n) is 3.12. The van der Waals surface area contributed by atoms with Crippen molar-refractivity contribution >= 4 is 23.2 Å². The first-order valence-corrected chi connectivity index (χ1v) is 7.85. The highest BCUT2D eigenvalue weighted by molar-refractivity contribution is 7.13. The van der Waals surface area contributed by atoms with Crippen LogP contribution in [0.1, 0.15) is 32.9 Å². The Morgan fingerprint density at radius 2 is 1.96 bits per heavy atom. The summed E-state index contributed by atoms with van der Waals surface area (Å²) in [7, 11) is 0. The van der Waals surface area contributed by atoms with E-state index in [9.17, 15) is 14.0 Å². The van der Waals surface area contributed by atoms with Gasteiger partial charge in [-0.1, -0.05) is 12.1 Å². The van der Waals surface area contributed by atoms with Gasteiger partial charge in [-0.2, -0.15) is 0 Å². The van der Waals surface area contributed by atoms with Crippen molar-refractivity contribution in [3.8, 4) is 0 Å². The van der Waals surface area contributed by atoms with Crippen molar-refractivity contribution in [2.45, 2.75) is 33.4 Å². The molecule has 0 fully saturated rings. The summed E-state index contributed by atoms with van der Waals surface area (Å²) < 4.78 is 18.0. The van der Waals surface area contributed by atoms with E-state index in [2.05, 4.69) is 10.3 Å². The Balaban J connectivity index is 1.88. The van der Waals surface area contributed by atoms with E-state index >= 15 is 0 Å². The van der Waals surface area contributed by atoms with Crippen molar-refractivity contribution in [1.82, 2.24) is 10.3 Å². The molecule has 2 rings (SSSR count). The van der Waals surface area contributed by atoms with Gasteiger partial charge in [0.25, 0.3) is 5.91 Å². The number of carbonyl (C=O) groups is 2. The molecule has 5 nitrogen and oxygen atoms in total. The Morgan fingerprint density at radius 1 is 1.30 bits per heavy atom. The van der Waals surface area contributed by atoms with E-state index in [4.69, 9.17) is 4.74 Å². The molecule has 1 aromatic heterocycles. The van der Waals surface area contributed by atoms with Gasteiger partial charge in [0.2, 0.25) is 0 Å². The van der Waals surface area contributed by atoms with E-state index in [1.54, 1.807) is 26.0 Å². The van der Waals surface area contributed by atoms with Gasteiger partial charge in [0.15, 0.2) is 6.10 Å². The van der Waals surface area contributed by atoms with E-state index in [1.165, 1.54) is 30.4 Å². The van der Waals surface area contributed by atoms with Crippen molar-refractivity contribution in [1.29, 1.82) is 0 Å². The number of ether oxygens (including phenoxy) is 1. The fraction of sp³-hybridized carbons (Fsp3) is 0.312. The van der Waals surface area contributed by atoms with Gasteiger partial charge < -0.3 is 10.1 Å². The average Bonchev–Trinajstić information content (AvgIpc) is 2.85. The minimum absolute atomic E-state index is 0.236. The molecule has 122 valence electrons. The van der Waals surface area contributed by atoms with Crippen LogP contribution in [-0.2, 0) is 16.1 Å². The largest absolute Gasteiger partial charge is 0.448 e. The van der Waals surface area contributed by atoms with Crippen LogP contribution in [-0.4, -0.2) is 23.0 Å². The van der Waals surface area contributed by atoms with Crippen LogP contribution in [0.4, 0.5) is 4.39 Å². The number of rotatable bonds is 5. The SMILES string of the molecule is Cc1nc(C)c(C(=O)O[C@H](C)C(=O)NCc2ccc(F)cc2)s1. The first-order chi connectivity index (χ1) is 10.9. The number of nitrogens with zero attached hydrogens (tertiary/aromatic N) is 1. The Bertz CT molecular complexity index is 713. The second-order valence-electron chi connectivity index (χ2n) is 5.04. The molecule has 1 heterocycles. The molecule has 0 aliphatic heterocycles. The van der Waals surface area contributed by atoms with Gasteiger partial charge in [0.05, 0.1) is 10.7 Å². The fourth-order valence-corrected chi connectivity index (χ4v) is 2.73. The standard InChI is InChI=1S/C16H17FN2O3S/c1-9-14(23-11(3)19-9)16(21)22-10(2)15(20)18-8-12-4-6-13(17)7-5-12/h4-7,10H,8H2,1-3H3,(H,18,20)/t10-/m1/s1. The summed E-state index contributed by atoms with van der Waals surface area (Å²) in [6.07, 6.45) is -0.926. The number of esters is 1. The molecule has 0 spiro atoms. The number of nitrogens with one attached hydrogen (secondary N) is 1. The van der Waals surface area contributed by atoms with E-state index in [-0.39, 0.29) is 12.4 Å². The summed E-state index contributed by atoms with van der Waals surface area (Å²) in [6, 6.07) is 5.80. The minimum Gasteiger partial charge on any atom is -0.448 e. The van der Waals surface area contributed by atoms with Crippen LogP contribution >= 0.6 is 11.3 Å². The van der Waals surface area contributed by atoms with Crippen molar-refractivity contribution in [3.05, 3.63) is 51.2 Å². The van der Waals surface area contributed by atoms with Crippen molar-refractivity contribution in [2.75, 3.05) is 0 Å². The summed E-state index contributed by atoms with van der Waals surface area (Å²) in [5.41, 5.74) is 1.35. The zero-order valence-electron chi connectivity index (χ0n) is 13.1. The molecule has 7 heteroatoms. The van der Waals surface area contributed by atoms with Gasteiger partial charge in [0.1, 0.15) is 10.7 Å². The molecule has 0 bridgehead atoms. The number of aryl methyl sites for hydroxylation is 2. The van der Waals surface area contributed by atoms with E-state index in [1.807, 2.05) is 0 Å². The Kier molecular flexibility index (Phi) is 5.44. The normalized spacial score (nSPS) is 11.8. The zero-order valence-corrected chi connectivity index (χ0v) is 13.9. The Morgan fingerprint density at radius 3 is 2.52 bits per heavy atom. The number of aromatic nitrogens is 1. The molecular formula is C16H17FN2O3S. The quantitative estimate of drug-likeness (QED) is 0.853. The van der Waals surface area contributed by atoms with Gasteiger partial charge >= 0.3 is 5.97 Å². The third-order valence-corrected chi connectivity index (χ3v) is 4.17. The Labute approximate surface area is 137 Å². The summed E-state index contributed by atoms with van der Waals surface area (Å²) in [6.45, 7) is 5.26. The maximum absolute atomic E-state index is 12.8. The second kappa shape index (κ2) is 7.32. The molecular weight excluding hydrogens is 319 g/mol. The van der Waals surface area contributed by atoms with Crippen LogP contribution in [0.5, 0.6) is 0 Å². The van der Waals surface area contributed by atoms with Crippen LogP contribution in [0.3, 0.4) is 0 Å². The lowest BCUT2D eigenvalue weighted by atomic mass is 10.2. The zero-order chi connectivity index (χ0) is 17.0. The molecule has 0 aliphatic carbocycles. The van der Waals surface area contributed by atoms with Gasteiger partial charge in [-0.15, -0.1) is 11.3 Å². The molecule has 23 heavy (non-hydrogen) atoms. The lowest BCUT2D eigenvalue weighted by Crippen LogP contribution is -2.35. The Hall–Kier alpha value is -2.28. The first-order valence-electron chi connectivity index (χ1n) is 7.04. The lowest BCUT2D eigenvalue weighted by molar-refractivity contribution is -0.129. The molecule has 1 aromatic carbocycles. The molecule has 1 atom stereocenters. The third kappa shape index (κ3) is 4.59. The molecule has 1 amide bonds.